The van der Waals surface area contributed by atoms with Crippen molar-refractivity contribution in [2.45, 2.75) is 38.8 Å². The van der Waals surface area contributed by atoms with Gasteiger partial charge in [-0.15, -0.1) is 0 Å². The van der Waals surface area contributed by atoms with Gasteiger partial charge in [-0.25, -0.2) is 27.1 Å². The van der Waals surface area contributed by atoms with Gasteiger partial charge in [0.2, 0.25) is 20.0 Å². The van der Waals surface area contributed by atoms with Crippen LogP contribution in [-0.4, -0.2) is 40.4 Å². The lowest BCUT2D eigenvalue weighted by atomic mass is 10.3. The van der Waals surface area contributed by atoms with Crippen molar-refractivity contribution in [2.75, 3.05) is 11.5 Å². The summed E-state index contributed by atoms with van der Waals surface area (Å²) in [7, 11) is -6.72. The fraction of sp³-hybridized carbons (Fsp3) is 1.00. The number of nitrogens with two attached hydrogens (primary N) is 3. The molecule has 0 radical (unpaired) electrons. The lowest BCUT2D eigenvalue weighted by Gasteiger charge is -2.00. The van der Waals surface area contributed by atoms with Crippen molar-refractivity contribution in [3.05, 3.63) is 10.4 Å². The molecule has 0 saturated carbocycles. The Labute approximate surface area is 119 Å². The van der Waals surface area contributed by atoms with E-state index in [4.69, 9.17) is 21.5 Å². The minimum Gasteiger partial charge on any atom is -0.328 e. The zero-order chi connectivity index (χ0) is 16.4. The maximum atomic E-state index is 10.4. The van der Waals surface area contributed by atoms with Crippen molar-refractivity contribution in [3.63, 3.8) is 0 Å². The number of nitrogens with zero attached hydrogens (tertiary/aromatic N) is 3. The van der Waals surface area contributed by atoms with E-state index in [2.05, 4.69) is 10.0 Å². The predicted molar refractivity (Wildman–Crippen MR) is 77.4 cm³/mol. The van der Waals surface area contributed by atoms with Gasteiger partial charge >= 0.3 is 0 Å². The van der Waals surface area contributed by atoms with Crippen LogP contribution in [0.2, 0.25) is 0 Å². The van der Waals surface area contributed by atoms with Crippen molar-refractivity contribution in [1.82, 2.24) is 0 Å². The van der Waals surface area contributed by atoms with E-state index in [1.165, 1.54) is 0 Å². The highest BCUT2D eigenvalue weighted by atomic mass is 32.2. The molecule has 0 aliphatic carbocycles. The van der Waals surface area contributed by atoms with E-state index in [-0.39, 0.29) is 30.0 Å². The molecule has 0 aliphatic heterocycles. The molecular formula is C8H22N6O4S2. The van der Waals surface area contributed by atoms with Crippen LogP contribution in [-0.2, 0) is 20.0 Å². The number of hydrogen-bond acceptors (Lipinski definition) is 6. The quantitative estimate of drug-likeness (QED) is 0.317. The number of primary sulfonamides is 2. The predicted octanol–water partition coefficient (Wildman–Crippen LogP) is -0.624. The molecule has 0 aromatic heterocycles. The van der Waals surface area contributed by atoms with E-state index in [1.54, 1.807) is 13.8 Å². The van der Waals surface area contributed by atoms with E-state index in [1.807, 2.05) is 0 Å². The third-order valence-electron chi connectivity index (χ3n) is 1.93. The number of rotatable bonds is 7. The van der Waals surface area contributed by atoms with Crippen LogP contribution in [0.4, 0.5) is 0 Å². The second kappa shape index (κ2) is 9.91. The van der Waals surface area contributed by atoms with Crippen LogP contribution in [0.1, 0.15) is 26.7 Å². The molecule has 6 N–H and O–H groups in total. The summed E-state index contributed by atoms with van der Waals surface area (Å²) in [6, 6.07) is -0.415. The molecule has 0 heterocycles. The van der Waals surface area contributed by atoms with E-state index < -0.39 is 20.0 Å². The maximum Gasteiger partial charge on any atom is 0.209 e. The van der Waals surface area contributed by atoms with Gasteiger partial charge < -0.3 is 5.73 Å². The first kappa shape index (κ1) is 21.4. The number of azide groups is 1. The molecule has 0 bridgehead atoms. The van der Waals surface area contributed by atoms with Gasteiger partial charge in [0, 0.05) is 17.0 Å². The fourth-order valence-electron chi connectivity index (χ4n) is 0.831. The Hall–Kier alpha value is -0.910. The van der Waals surface area contributed by atoms with Crippen LogP contribution >= 0.6 is 0 Å². The lowest BCUT2D eigenvalue weighted by molar-refractivity contribution is 0.587. The summed E-state index contributed by atoms with van der Waals surface area (Å²) in [5, 5.41) is 12.7. The third kappa shape index (κ3) is 22.3. The second-order valence-corrected chi connectivity index (χ2v) is 7.81. The second-order valence-electron chi connectivity index (χ2n) is 4.34. The van der Waals surface area contributed by atoms with E-state index >= 15 is 0 Å². The lowest BCUT2D eigenvalue weighted by Crippen LogP contribution is -2.23. The molecular weight excluding hydrogens is 308 g/mol. The van der Waals surface area contributed by atoms with Gasteiger partial charge in [-0.3, -0.25) is 0 Å². The minimum absolute atomic E-state index is 0.0231. The van der Waals surface area contributed by atoms with Gasteiger partial charge in [0.15, 0.2) is 0 Å². The maximum absolute atomic E-state index is 10.4. The van der Waals surface area contributed by atoms with Gasteiger partial charge in [-0.05, 0) is 25.3 Å². The molecule has 0 saturated heterocycles. The standard InChI is InChI=1S/C4H10N4O2S.C4H12N2O2S/c1-4(7-8-5)2-3-11(6,9)10;1-4(5)2-3-9(6,7)8/h4H,2-3H2,1H3,(H2,6,9,10);4H,2-3,5H2,1H3,(H2,6,7,8). The molecule has 0 aliphatic rings. The molecule has 20 heavy (non-hydrogen) atoms. The SMILES string of the molecule is CC(CCS(N)(=O)=O)N=[N+]=[N-].CC(N)CCS(N)(=O)=O. The molecule has 2 unspecified atom stereocenters. The van der Waals surface area contributed by atoms with Crippen molar-refractivity contribution in [1.29, 1.82) is 0 Å². The summed E-state index contributed by atoms with van der Waals surface area (Å²) in [5.41, 5.74) is 13.2. The summed E-state index contributed by atoms with van der Waals surface area (Å²) in [6.07, 6.45) is 0.696. The summed E-state index contributed by atoms with van der Waals surface area (Å²) in [5.74, 6) is -0.169. The third-order valence-corrected chi connectivity index (χ3v) is 3.54. The summed E-state index contributed by atoms with van der Waals surface area (Å²) >= 11 is 0. The average molecular weight is 330 g/mol. The summed E-state index contributed by atoms with van der Waals surface area (Å²) in [4.78, 5) is 2.53. The molecule has 2 atom stereocenters. The Morgan fingerprint density at radius 3 is 1.70 bits per heavy atom. The van der Waals surface area contributed by atoms with Crippen LogP contribution in [0.3, 0.4) is 0 Å². The molecule has 12 heteroatoms. The Balaban J connectivity index is 0. The van der Waals surface area contributed by atoms with Crippen molar-refractivity contribution < 1.29 is 16.8 Å². The Kier molecular flexibility index (Phi) is 10.6. The zero-order valence-corrected chi connectivity index (χ0v) is 13.1. The van der Waals surface area contributed by atoms with Crippen LogP contribution in [0.25, 0.3) is 10.4 Å². The van der Waals surface area contributed by atoms with Crippen molar-refractivity contribution in [2.24, 2.45) is 21.1 Å². The van der Waals surface area contributed by atoms with Crippen molar-refractivity contribution in [3.8, 4) is 0 Å². The molecule has 0 fully saturated rings. The molecule has 0 aromatic carbocycles. The highest BCUT2D eigenvalue weighted by Gasteiger charge is 2.05. The Morgan fingerprint density at radius 1 is 1.05 bits per heavy atom. The zero-order valence-electron chi connectivity index (χ0n) is 11.5. The number of sulfonamides is 2. The highest BCUT2D eigenvalue weighted by molar-refractivity contribution is 7.89. The monoisotopic (exact) mass is 330 g/mol. The Morgan fingerprint density at radius 2 is 1.45 bits per heavy atom. The first-order valence-electron chi connectivity index (χ1n) is 5.68. The Bertz CT molecular complexity index is 509. The van der Waals surface area contributed by atoms with E-state index in [9.17, 15) is 16.8 Å². The molecule has 0 spiro atoms. The normalized spacial score (nSPS) is 14.4. The van der Waals surface area contributed by atoms with Crippen LogP contribution in [0, 0.1) is 0 Å². The molecule has 0 aromatic rings. The molecule has 0 rings (SSSR count). The van der Waals surface area contributed by atoms with Crippen LogP contribution < -0.4 is 16.0 Å². The summed E-state index contributed by atoms with van der Waals surface area (Å²) < 4.78 is 41.3. The molecule has 0 amide bonds. The van der Waals surface area contributed by atoms with Crippen LogP contribution in [0.5, 0.6) is 0 Å². The largest absolute Gasteiger partial charge is 0.328 e. The smallest absolute Gasteiger partial charge is 0.209 e. The first-order chi connectivity index (χ1) is 8.87. The molecule has 10 nitrogen and oxygen atoms in total. The van der Waals surface area contributed by atoms with Gasteiger partial charge in [0.25, 0.3) is 0 Å². The van der Waals surface area contributed by atoms with Gasteiger partial charge in [-0.2, -0.15) is 0 Å². The van der Waals surface area contributed by atoms with Crippen LogP contribution in [0.15, 0.2) is 5.11 Å². The minimum atomic E-state index is -3.42. The van der Waals surface area contributed by atoms with Crippen molar-refractivity contribution >= 4 is 20.0 Å². The molecule has 120 valence electrons. The van der Waals surface area contributed by atoms with E-state index in [0.29, 0.717) is 6.42 Å². The topological polar surface area (TPSA) is 195 Å². The summed E-state index contributed by atoms with van der Waals surface area (Å²) in [6.45, 7) is 3.37. The van der Waals surface area contributed by atoms with Gasteiger partial charge in [0.05, 0.1) is 11.5 Å². The average Bonchev–Trinajstić information content (AvgIpc) is 2.23. The van der Waals surface area contributed by atoms with Gasteiger partial charge in [-0.1, -0.05) is 12.0 Å². The van der Waals surface area contributed by atoms with E-state index in [0.717, 1.165) is 0 Å². The van der Waals surface area contributed by atoms with Gasteiger partial charge in [0.1, 0.15) is 0 Å². The highest BCUT2D eigenvalue weighted by Crippen LogP contribution is 1.98. The fourth-order valence-corrected chi connectivity index (χ4v) is 2.20. The first-order valence-corrected chi connectivity index (χ1v) is 9.11. The number of hydrogen-bond donors (Lipinski definition) is 3.